The molecule has 1 saturated heterocycles. The van der Waals surface area contributed by atoms with Crippen LogP contribution in [-0.4, -0.2) is 46.6 Å². The first-order valence-corrected chi connectivity index (χ1v) is 11.8. The number of ether oxygens (including phenoxy) is 1. The molecule has 0 spiro atoms. The molecule has 4 N–H and O–H groups in total. The molecule has 176 valence electrons. The van der Waals surface area contributed by atoms with Gasteiger partial charge in [0.15, 0.2) is 0 Å². The van der Waals surface area contributed by atoms with Crippen molar-refractivity contribution in [1.82, 2.24) is 4.90 Å². The van der Waals surface area contributed by atoms with Crippen molar-refractivity contribution >= 4 is 5.91 Å². The lowest BCUT2D eigenvalue weighted by molar-refractivity contribution is -0.257. The Kier molecular flexibility index (Phi) is 5.90. The van der Waals surface area contributed by atoms with Crippen LogP contribution in [0.3, 0.4) is 0 Å². The van der Waals surface area contributed by atoms with Crippen molar-refractivity contribution in [2.75, 3.05) is 19.7 Å². The second kappa shape index (κ2) is 8.87. The summed E-state index contributed by atoms with van der Waals surface area (Å²) in [5.74, 6) is -1.83. The van der Waals surface area contributed by atoms with E-state index in [9.17, 15) is 15.0 Å². The van der Waals surface area contributed by atoms with Gasteiger partial charge in [0.1, 0.15) is 11.2 Å². The van der Waals surface area contributed by atoms with Gasteiger partial charge in [0.2, 0.25) is 11.8 Å². The monoisotopic (exact) mass is 458 g/mol. The van der Waals surface area contributed by atoms with Gasteiger partial charge >= 0.3 is 0 Å². The molecular weight excluding hydrogens is 428 g/mol. The molecule has 0 unspecified atom stereocenters. The highest BCUT2D eigenvalue weighted by Gasteiger charge is 2.52. The molecular formula is C28H30N2O4. The summed E-state index contributed by atoms with van der Waals surface area (Å²) in [6.07, 6.45) is 1.50. The molecule has 34 heavy (non-hydrogen) atoms. The number of carbonyl (C=O) groups excluding carboxylic acids is 1. The van der Waals surface area contributed by atoms with Gasteiger partial charge in [-0.3, -0.25) is 9.69 Å². The first-order chi connectivity index (χ1) is 16.4. The number of nitrogens with two attached hydrogens (primary N) is 1. The van der Waals surface area contributed by atoms with Crippen LogP contribution >= 0.6 is 0 Å². The first kappa shape index (κ1) is 22.6. The van der Waals surface area contributed by atoms with E-state index in [0.717, 1.165) is 34.4 Å². The second-order valence-corrected chi connectivity index (χ2v) is 9.33. The zero-order valence-electron chi connectivity index (χ0n) is 19.1. The third-order valence-corrected chi connectivity index (χ3v) is 7.35. The molecule has 0 radical (unpaired) electrons. The lowest BCUT2D eigenvalue weighted by Crippen LogP contribution is -2.52. The quantitative estimate of drug-likeness (QED) is 0.473. The summed E-state index contributed by atoms with van der Waals surface area (Å²) in [4.78, 5) is 14.9. The van der Waals surface area contributed by atoms with Crippen molar-refractivity contribution in [3.05, 3.63) is 101 Å². The Labute approximate surface area is 199 Å². The Morgan fingerprint density at radius 2 is 1.65 bits per heavy atom. The normalized spacial score (nSPS) is 18.5. The Balaban J connectivity index is 1.45. The molecule has 5 rings (SSSR count). The zero-order valence-corrected chi connectivity index (χ0v) is 19.1. The lowest BCUT2D eigenvalue weighted by atomic mass is 9.64. The predicted octanol–water partition coefficient (Wildman–Crippen LogP) is 2.60. The Bertz CT molecular complexity index is 1120. The van der Waals surface area contributed by atoms with Gasteiger partial charge in [0, 0.05) is 25.9 Å². The summed E-state index contributed by atoms with van der Waals surface area (Å²) in [5, 5.41) is 22.2. The smallest absolute Gasteiger partial charge is 0.232 e. The molecule has 0 aliphatic carbocycles. The molecule has 0 bridgehead atoms. The molecule has 2 aliphatic heterocycles. The molecule has 1 fully saturated rings. The number of likely N-dealkylation sites (tertiary alicyclic amines) is 1. The van der Waals surface area contributed by atoms with Crippen molar-refractivity contribution in [2.45, 2.75) is 30.6 Å². The topological polar surface area (TPSA) is 96.0 Å². The van der Waals surface area contributed by atoms with Gasteiger partial charge in [-0.05, 0) is 40.7 Å². The van der Waals surface area contributed by atoms with Crippen LogP contribution in [0, 0.1) is 5.92 Å². The first-order valence-electron chi connectivity index (χ1n) is 11.8. The van der Waals surface area contributed by atoms with Gasteiger partial charge in [0.25, 0.3) is 0 Å². The van der Waals surface area contributed by atoms with E-state index in [1.54, 1.807) is 4.90 Å². The summed E-state index contributed by atoms with van der Waals surface area (Å²) >= 11 is 0. The fourth-order valence-electron chi connectivity index (χ4n) is 5.70. The van der Waals surface area contributed by atoms with E-state index in [1.807, 2.05) is 78.9 Å². The summed E-state index contributed by atoms with van der Waals surface area (Å²) < 4.78 is 5.56. The molecule has 1 atom stereocenters. The number of carbonyl (C=O) groups is 1. The van der Waals surface area contributed by atoms with E-state index in [1.165, 1.54) is 0 Å². The number of aliphatic hydroxyl groups is 2. The average Bonchev–Trinajstić information content (AvgIpc) is 3.51. The highest BCUT2D eigenvalue weighted by atomic mass is 16.5. The van der Waals surface area contributed by atoms with Crippen LogP contribution in [-0.2, 0) is 23.1 Å². The van der Waals surface area contributed by atoms with Crippen molar-refractivity contribution < 1.29 is 19.7 Å². The van der Waals surface area contributed by atoms with Crippen LogP contribution < -0.4 is 10.5 Å². The van der Waals surface area contributed by atoms with E-state index in [2.05, 4.69) is 0 Å². The minimum absolute atomic E-state index is 0.0627. The number of nitrogens with zero attached hydrogens (tertiary/aromatic N) is 1. The summed E-state index contributed by atoms with van der Waals surface area (Å²) in [7, 11) is 0. The molecule has 6 heteroatoms. The number of primary amides is 1. The van der Waals surface area contributed by atoms with Crippen LogP contribution in [0.5, 0.6) is 5.75 Å². The maximum absolute atomic E-state index is 13.2. The van der Waals surface area contributed by atoms with E-state index in [-0.39, 0.29) is 12.3 Å². The van der Waals surface area contributed by atoms with Crippen molar-refractivity contribution in [3.63, 3.8) is 0 Å². The standard InChI is InChI=1S/C28H30N2O4/c29-26(31)28(22-7-3-1-4-8-22,23-9-5-2-6-10-23)24-13-15-30(19-24)27(32,33)18-20-11-12-25-21(17-20)14-16-34-25/h1-12,17,24,32-33H,13-16,18-19H2,(H2,29,31)/t24-/m1/s1. The molecule has 3 aromatic rings. The number of amides is 1. The minimum atomic E-state index is -2.04. The Hall–Kier alpha value is -3.19. The van der Waals surface area contributed by atoms with E-state index in [0.29, 0.717) is 26.1 Å². The lowest BCUT2D eigenvalue weighted by Gasteiger charge is -2.39. The van der Waals surface area contributed by atoms with Crippen LogP contribution in [0.15, 0.2) is 78.9 Å². The molecule has 6 nitrogen and oxygen atoms in total. The van der Waals surface area contributed by atoms with Crippen LogP contribution in [0.4, 0.5) is 0 Å². The molecule has 0 saturated carbocycles. The third-order valence-electron chi connectivity index (χ3n) is 7.35. The predicted molar refractivity (Wildman–Crippen MR) is 129 cm³/mol. The van der Waals surface area contributed by atoms with E-state index < -0.39 is 17.2 Å². The number of benzene rings is 3. The van der Waals surface area contributed by atoms with Crippen molar-refractivity contribution in [3.8, 4) is 5.75 Å². The van der Waals surface area contributed by atoms with Gasteiger partial charge < -0.3 is 20.7 Å². The number of hydrogen-bond acceptors (Lipinski definition) is 5. The zero-order chi connectivity index (χ0) is 23.8. The number of fused-ring (bicyclic) bond motifs is 1. The van der Waals surface area contributed by atoms with E-state index >= 15 is 0 Å². The van der Waals surface area contributed by atoms with Gasteiger partial charge in [-0.15, -0.1) is 0 Å². The van der Waals surface area contributed by atoms with Crippen LogP contribution in [0.2, 0.25) is 0 Å². The van der Waals surface area contributed by atoms with Crippen molar-refractivity contribution in [1.29, 1.82) is 0 Å². The Morgan fingerprint density at radius 3 is 2.26 bits per heavy atom. The number of rotatable bonds is 7. The minimum Gasteiger partial charge on any atom is -0.493 e. The Morgan fingerprint density at radius 1 is 1.00 bits per heavy atom. The molecule has 2 heterocycles. The maximum atomic E-state index is 13.2. The van der Waals surface area contributed by atoms with Gasteiger partial charge in [-0.25, -0.2) is 0 Å². The van der Waals surface area contributed by atoms with Gasteiger partial charge in [-0.1, -0.05) is 72.8 Å². The second-order valence-electron chi connectivity index (χ2n) is 9.33. The van der Waals surface area contributed by atoms with Crippen LogP contribution in [0.1, 0.15) is 28.7 Å². The molecule has 2 aliphatic rings. The third kappa shape index (κ3) is 3.88. The fourth-order valence-corrected chi connectivity index (χ4v) is 5.70. The van der Waals surface area contributed by atoms with Crippen molar-refractivity contribution in [2.24, 2.45) is 11.7 Å². The average molecular weight is 459 g/mol. The maximum Gasteiger partial charge on any atom is 0.232 e. The van der Waals surface area contributed by atoms with Gasteiger partial charge in [-0.2, -0.15) is 0 Å². The summed E-state index contributed by atoms with van der Waals surface area (Å²) in [5.41, 5.74) is 8.65. The number of hydrogen-bond donors (Lipinski definition) is 3. The van der Waals surface area contributed by atoms with Gasteiger partial charge in [0.05, 0.1) is 6.61 Å². The largest absolute Gasteiger partial charge is 0.493 e. The molecule has 0 aromatic heterocycles. The van der Waals surface area contributed by atoms with E-state index in [4.69, 9.17) is 10.5 Å². The highest BCUT2D eigenvalue weighted by Crippen LogP contribution is 2.44. The highest BCUT2D eigenvalue weighted by molar-refractivity contribution is 5.91. The summed E-state index contributed by atoms with van der Waals surface area (Å²) in [6.45, 7) is 1.43. The molecule has 3 aromatic carbocycles. The SMILES string of the molecule is NC(=O)C(c1ccccc1)(c1ccccc1)[C@@H]1CCN(C(O)(O)Cc2ccc3c(c2)CCO3)C1. The van der Waals surface area contributed by atoms with Crippen LogP contribution in [0.25, 0.3) is 0 Å². The fraction of sp³-hybridized carbons (Fsp3) is 0.321. The molecule has 1 amide bonds. The summed E-state index contributed by atoms with van der Waals surface area (Å²) in [6, 6.07) is 24.9.